The summed E-state index contributed by atoms with van der Waals surface area (Å²) in [6.07, 6.45) is 0. The van der Waals surface area contributed by atoms with Gasteiger partial charge in [-0.15, -0.1) is 0 Å². The molecule has 0 radical (unpaired) electrons. The van der Waals surface area contributed by atoms with E-state index in [1.54, 1.807) is 25.1 Å². The number of rotatable bonds is 3. The van der Waals surface area contributed by atoms with Gasteiger partial charge in [-0.1, -0.05) is 6.07 Å². The second-order valence-electron chi connectivity index (χ2n) is 4.19. The van der Waals surface area contributed by atoms with E-state index in [9.17, 15) is 14.5 Å². The lowest BCUT2D eigenvalue weighted by Gasteiger charge is -2.07. The minimum absolute atomic E-state index is 0.0179. The van der Waals surface area contributed by atoms with E-state index in [0.717, 1.165) is 0 Å². The van der Waals surface area contributed by atoms with Gasteiger partial charge >= 0.3 is 0 Å². The highest BCUT2D eigenvalue weighted by molar-refractivity contribution is 5.65. The van der Waals surface area contributed by atoms with Crippen molar-refractivity contribution in [2.24, 2.45) is 0 Å². The summed E-state index contributed by atoms with van der Waals surface area (Å²) in [7, 11) is 0. The molecule has 0 bridgehead atoms. The predicted molar refractivity (Wildman–Crippen MR) is 72.2 cm³/mol. The fourth-order valence-corrected chi connectivity index (χ4v) is 1.69. The zero-order chi connectivity index (χ0) is 14.7. The third-order valence-electron chi connectivity index (χ3n) is 2.78. The fraction of sp³-hybridized carbons (Fsp3) is 0.0714. The van der Waals surface area contributed by atoms with Crippen LogP contribution in [-0.2, 0) is 0 Å². The quantitative estimate of drug-likeness (QED) is 0.682. The number of anilines is 2. The smallest absolute Gasteiger partial charge is 0.289 e. The molecule has 5 nitrogen and oxygen atoms in total. The highest BCUT2D eigenvalue weighted by atomic mass is 19.1. The molecule has 20 heavy (non-hydrogen) atoms. The minimum atomic E-state index is -0.626. The van der Waals surface area contributed by atoms with Crippen molar-refractivity contribution >= 4 is 17.1 Å². The molecule has 0 aliphatic heterocycles. The standard InChI is InChI=1S/C14H10FN3O2/c1-9-2-4-11(6-13(9)15)17-12-5-3-10(8-16)14(7-12)18(19)20/h2-7,17H,1H3. The van der Waals surface area contributed by atoms with E-state index in [4.69, 9.17) is 5.26 Å². The van der Waals surface area contributed by atoms with Crippen LogP contribution >= 0.6 is 0 Å². The lowest BCUT2D eigenvalue weighted by molar-refractivity contribution is -0.385. The van der Waals surface area contributed by atoms with E-state index in [1.165, 1.54) is 24.3 Å². The Hall–Kier alpha value is -2.94. The first kappa shape index (κ1) is 13.5. The number of nitriles is 1. The summed E-state index contributed by atoms with van der Waals surface area (Å²) >= 11 is 0. The van der Waals surface area contributed by atoms with Crippen molar-refractivity contribution in [1.29, 1.82) is 5.26 Å². The Morgan fingerprint density at radius 1 is 1.25 bits per heavy atom. The first-order chi connectivity index (χ1) is 9.51. The van der Waals surface area contributed by atoms with Gasteiger partial charge in [0.2, 0.25) is 0 Å². The van der Waals surface area contributed by atoms with Gasteiger partial charge < -0.3 is 5.32 Å². The number of nitrogens with one attached hydrogen (secondary N) is 1. The van der Waals surface area contributed by atoms with E-state index in [0.29, 0.717) is 16.9 Å². The molecule has 0 amide bonds. The number of hydrogen-bond acceptors (Lipinski definition) is 4. The second kappa shape index (κ2) is 5.36. The van der Waals surface area contributed by atoms with E-state index in [-0.39, 0.29) is 17.1 Å². The summed E-state index contributed by atoms with van der Waals surface area (Å²) in [5, 5.41) is 22.5. The predicted octanol–water partition coefficient (Wildman–Crippen LogP) is 3.66. The molecule has 0 aromatic heterocycles. The maximum Gasteiger partial charge on any atom is 0.289 e. The van der Waals surface area contributed by atoms with E-state index < -0.39 is 4.92 Å². The van der Waals surface area contributed by atoms with Gasteiger partial charge in [-0.2, -0.15) is 5.26 Å². The van der Waals surface area contributed by atoms with E-state index in [2.05, 4.69) is 5.32 Å². The SMILES string of the molecule is Cc1ccc(Nc2ccc(C#N)c([N+](=O)[O-])c2)cc1F. The Kier molecular flexibility index (Phi) is 3.62. The fourth-order valence-electron chi connectivity index (χ4n) is 1.69. The molecule has 0 atom stereocenters. The molecule has 100 valence electrons. The summed E-state index contributed by atoms with van der Waals surface area (Å²) in [5.41, 5.74) is 1.10. The second-order valence-corrected chi connectivity index (χ2v) is 4.19. The molecular weight excluding hydrogens is 261 g/mol. The lowest BCUT2D eigenvalue weighted by Crippen LogP contribution is -1.96. The molecule has 0 heterocycles. The van der Waals surface area contributed by atoms with Crippen LogP contribution < -0.4 is 5.32 Å². The lowest BCUT2D eigenvalue weighted by atomic mass is 10.1. The van der Waals surface area contributed by atoms with Crippen molar-refractivity contribution in [1.82, 2.24) is 0 Å². The molecule has 0 fully saturated rings. The Balaban J connectivity index is 2.34. The Labute approximate surface area is 114 Å². The van der Waals surface area contributed by atoms with Crippen molar-refractivity contribution < 1.29 is 9.31 Å². The largest absolute Gasteiger partial charge is 0.355 e. The van der Waals surface area contributed by atoms with Crippen LogP contribution in [-0.4, -0.2) is 4.92 Å². The highest BCUT2D eigenvalue weighted by Crippen LogP contribution is 2.25. The molecule has 2 rings (SSSR count). The molecule has 0 aliphatic rings. The molecule has 0 saturated heterocycles. The number of nitrogens with zero attached hydrogens (tertiary/aromatic N) is 2. The molecule has 0 saturated carbocycles. The van der Waals surface area contributed by atoms with Crippen molar-refractivity contribution in [3.05, 3.63) is 63.5 Å². The maximum atomic E-state index is 13.4. The summed E-state index contributed by atoms with van der Waals surface area (Å²) in [4.78, 5) is 10.2. The Morgan fingerprint density at radius 3 is 2.50 bits per heavy atom. The average molecular weight is 271 g/mol. The van der Waals surface area contributed by atoms with Crippen LogP contribution in [0.3, 0.4) is 0 Å². The molecule has 6 heteroatoms. The van der Waals surface area contributed by atoms with Crippen LogP contribution in [0, 0.1) is 34.2 Å². The summed E-state index contributed by atoms with van der Waals surface area (Å²) < 4.78 is 13.4. The monoisotopic (exact) mass is 271 g/mol. The molecule has 2 aromatic carbocycles. The number of aryl methyl sites for hydroxylation is 1. The van der Waals surface area contributed by atoms with Crippen molar-refractivity contribution in [2.75, 3.05) is 5.32 Å². The third-order valence-corrected chi connectivity index (χ3v) is 2.78. The summed E-state index contributed by atoms with van der Waals surface area (Å²) in [6.45, 7) is 1.64. The van der Waals surface area contributed by atoms with Crippen molar-refractivity contribution in [2.45, 2.75) is 6.92 Å². The van der Waals surface area contributed by atoms with Crippen molar-refractivity contribution in [3.63, 3.8) is 0 Å². The van der Waals surface area contributed by atoms with Gasteiger partial charge in [0.25, 0.3) is 5.69 Å². The summed E-state index contributed by atoms with van der Waals surface area (Å²) in [6, 6.07) is 10.5. The Bertz CT molecular complexity index is 723. The average Bonchev–Trinajstić information content (AvgIpc) is 2.43. The van der Waals surface area contributed by atoms with Crippen LogP contribution in [0.15, 0.2) is 36.4 Å². The normalized spacial score (nSPS) is 9.85. The number of nitro groups is 1. The molecule has 0 spiro atoms. The van der Waals surface area contributed by atoms with Gasteiger partial charge in [-0.05, 0) is 36.8 Å². The third kappa shape index (κ3) is 2.72. The zero-order valence-electron chi connectivity index (χ0n) is 10.6. The van der Waals surface area contributed by atoms with Gasteiger partial charge in [0.05, 0.1) is 4.92 Å². The van der Waals surface area contributed by atoms with Gasteiger partial charge in [0, 0.05) is 17.4 Å². The molecular formula is C14H10FN3O2. The van der Waals surface area contributed by atoms with Gasteiger partial charge in [-0.3, -0.25) is 10.1 Å². The molecule has 0 unspecified atom stereocenters. The van der Waals surface area contributed by atoms with Crippen LogP contribution in [0.25, 0.3) is 0 Å². The number of halogens is 1. The number of benzene rings is 2. The first-order valence-corrected chi connectivity index (χ1v) is 5.73. The molecule has 0 aliphatic carbocycles. The zero-order valence-corrected chi connectivity index (χ0v) is 10.6. The minimum Gasteiger partial charge on any atom is -0.355 e. The number of hydrogen-bond donors (Lipinski definition) is 1. The summed E-state index contributed by atoms with van der Waals surface area (Å²) in [5.74, 6) is -0.363. The van der Waals surface area contributed by atoms with Gasteiger partial charge in [0.15, 0.2) is 0 Å². The van der Waals surface area contributed by atoms with E-state index in [1.807, 2.05) is 0 Å². The first-order valence-electron chi connectivity index (χ1n) is 5.73. The van der Waals surface area contributed by atoms with Crippen molar-refractivity contribution in [3.8, 4) is 6.07 Å². The van der Waals surface area contributed by atoms with Crippen LogP contribution in [0.4, 0.5) is 21.5 Å². The van der Waals surface area contributed by atoms with Crippen LogP contribution in [0.1, 0.15) is 11.1 Å². The molecule has 2 aromatic rings. The maximum absolute atomic E-state index is 13.4. The molecule has 1 N–H and O–H groups in total. The van der Waals surface area contributed by atoms with E-state index >= 15 is 0 Å². The number of nitro benzene ring substituents is 1. The highest BCUT2D eigenvalue weighted by Gasteiger charge is 2.14. The Morgan fingerprint density at radius 2 is 1.90 bits per heavy atom. The van der Waals surface area contributed by atoms with Crippen LogP contribution in [0.2, 0.25) is 0 Å². The van der Waals surface area contributed by atoms with Gasteiger partial charge in [-0.25, -0.2) is 4.39 Å². The van der Waals surface area contributed by atoms with Crippen LogP contribution in [0.5, 0.6) is 0 Å². The topological polar surface area (TPSA) is 79.0 Å². The van der Waals surface area contributed by atoms with Gasteiger partial charge in [0.1, 0.15) is 17.4 Å².